The molecular weight excluding hydrogens is 264 g/mol. The largest absolute Gasteiger partial charge is 0.0656 e. The Hall–Kier alpha value is 0. The molecule has 22 heavy (non-hydrogen) atoms. The average molecular weight is 321 g/mol. The SMILES string of the molecule is CCC.CCC.CCC.CCC.CCC(C)CC.CCCC. The molecule has 0 saturated heterocycles. The maximum atomic E-state index is 2.28. The molecule has 0 nitrogen and oxygen atoms in total. The molecule has 0 aliphatic rings. The van der Waals surface area contributed by atoms with Crippen LogP contribution in [-0.4, -0.2) is 0 Å². The molecule has 0 saturated carbocycles. The van der Waals surface area contributed by atoms with Gasteiger partial charge in [0.05, 0.1) is 0 Å². The predicted molar refractivity (Wildman–Crippen MR) is 114 cm³/mol. The van der Waals surface area contributed by atoms with E-state index in [9.17, 15) is 0 Å². The summed E-state index contributed by atoms with van der Waals surface area (Å²) in [7, 11) is 0. The molecular formula is C22H56. The van der Waals surface area contributed by atoms with Crippen LogP contribution in [0, 0.1) is 5.92 Å². The normalized spacial score (nSPS) is 7.36. The van der Waals surface area contributed by atoms with Crippen LogP contribution in [0.15, 0.2) is 0 Å². The van der Waals surface area contributed by atoms with Gasteiger partial charge < -0.3 is 0 Å². The van der Waals surface area contributed by atoms with Gasteiger partial charge in [0.2, 0.25) is 0 Å². The zero-order chi connectivity index (χ0) is 19.2. The Morgan fingerprint density at radius 1 is 0.409 bits per heavy atom. The molecule has 0 bridgehead atoms. The van der Waals surface area contributed by atoms with Crippen LogP contribution >= 0.6 is 0 Å². The van der Waals surface area contributed by atoms with Gasteiger partial charge in [0, 0.05) is 0 Å². The monoisotopic (exact) mass is 320 g/mol. The molecule has 0 heterocycles. The molecule has 0 aliphatic carbocycles. The van der Waals surface area contributed by atoms with Crippen molar-refractivity contribution in [2.75, 3.05) is 0 Å². The first-order valence-corrected chi connectivity index (χ1v) is 10.4. The van der Waals surface area contributed by atoms with Crippen LogP contribution in [0.1, 0.15) is 141 Å². The lowest BCUT2D eigenvalue weighted by atomic mass is 10.1. The maximum Gasteiger partial charge on any atom is -0.0448 e. The van der Waals surface area contributed by atoms with E-state index in [1.807, 2.05) is 0 Å². The van der Waals surface area contributed by atoms with Crippen LogP contribution in [0.5, 0.6) is 0 Å². The van der Waals surface area contributed by atoms with E-state index in [0.29, 0.717) is 0 Å². The Morgan fingerprint density at radius 2 is 0.545 bits per heavy atom. The molecule has 0 aliphatic heterocycles. The van der Waals surface area contributed by atoms with Gasteiger partial charge in [-0.25, -0.2) is 0 Å². The van der Waals surface area contributed by atoms with Crippen molar-refractivity contribution in [3.8, 4) is 0 Å². The van der Waals surface area contributed by atoms with Crippen molar-refractivity contribution >= 4 is 0 Å². The van der Waals surface area contributed by atoms with Crippen LogP contribution in [0.2, 0.25) is 0 Å². The van der Waals surface area contributed by atoms with Gasteiger partial charge in [-0.05, 0) is 5.92 Å². The van der Waals surface area contributed by atoms with E-state index in [1.165, 1.54) is 51.4 Å². The third kappa shape index (κ3) is 289. The summed E-state index contributed by atoms with van der Waals surface area (Å²) >= 11 is 0. The summed E-state index contributed by atoms with van der Waals surface area (Å²) in [5.74, 6) is 0.935. The minimum Gasteiger partial charge on any atom is -0.0656 e. The van der Waals surface area contributed by atoms with E-state index >= 15 is 0 Å². The summed E-state index contributed by atoms with van der Waals surface area (Å²) in [6.45, 7) is 28.1. The minimum absolute atomic E-state index is 0.935. The maximum absolute atomic E-state index is 2.28. The number of unbranched alkanes of at least 4 members (excludes halogenated alkanes) is 1. The van der Waals surface area contributed by atoms with Crippen molar-refractivity contribution in [3.05, 3.63) is 0 Å². The Kier molecular flexibility index (Phi) is 120. The van der Waals surface area contributed by atoms with Crippen LogP contribution in [0.25, 0.3) is 0 Å². The molecule has 0 radical (unpaired) electrons. The Morgan fingerprint density at radius 3 is 0.545 bits per heavy atom. The summed E-state index contributed by atoms with van der Waals surface area (Å²) in [5, 5.41) is 0. The van der Waals surface area contributed by atoms with Gasteiger partial charge in [-0.1, -0.05) is 141 Å². The van der Waals surface area contributed by atoms with Crippen molar-refractivity contribution in [1.82, 2.24) is 0 Å². The smallest absolute Gasteiger partial charge is 0.0448 e. The van der Waals surface area contributed by atoms with Gasteiger partial charge in [-0.15, -0.1) is 0 Å². The first-order valence-electron chi connectivity index (χ1n) is 10.4. The van der Waals surface area contributed by atoms with E-state index in [2.05, 4.69) is 90.0 Å². The highest BCUT2D eigenvalue weighted by Gasteiger charge is 1.88. The molecule has 0 atom stereocenters. The minimum atomic E-state index is 0.935. The van der Waals surface area contributed by atoms with Gasteiger partial charge in [0.25, 0.3) is 0 Å². The highest BCUT2D eigenvalue weighted by atomic mass is 13.9. The lowest BCUT2D eigenvalue weighted by Crippen LogP contribution is -1.85. The molecule has 0 aromatic heterocycles. The Bertz CT molecular complexity index is 62.1. The zero-order valence-electron chi connectivity index (χ0n) is 19.2. The fraction of sp³-hybridized carbons (Fsp3) is 1.00. The molecule has 0 heteroatoms. The van der Waals surface area contributed by atoms with Crippen molar-refractivity contribution in [2.45, 2.75) is 141 Å². The van der Waals surface area contributed by atoms with E-state index in [-0.39, 0.29) is 0 Å². The first kappa shape index (κ1) is 37.9. The molecule has 144 valence electrons. The van der Waals surface area contributed by atoms with E-state index in [1.54, 1.807) is 0 Å². The molecule has 0 aromatic carbocycles. The van der Waals surface area contributed by atoms with Gasteiger partial charge in [0.1, 0.15) is 0 Å². The van der Waals surface area contributed by atoms with Gasteiger partial charge in [0.15, 0.2) is 0 Å². The second kappa shape index (κ2) is 69.4. The van der Waals surface area contributed by atoms with Crippen molar-refractivity contribution in [3.63, 3.8) is 0 Å². The second-order valence-corrected chi connectivity index (χ2v) is 5.75. The average Bonchev–Trinajstić information content (AvgIpc) is 2.50. The second-order valence-electron chi connectivity index (χ2n) is 5.75. The number of hydrogen-bond acceptors (Lipinski definition) is 0. The third-order valence-electron chi connectivity index (χ3n) is 1.89. The lowest BCUT2D eigenvalue weighted by Gasteiger charge is -1.98. The Balaban J connectivity index is -0.0000000360. The van der Waals surface area contributed by atoms with Gasteiger partial charge in [-0.3, -0.25) is 0 Å². The first-order chi connectivity index (χ1) is 10.4. The van der Waals surface area contributed by atoms with Crippen molar-refractivity contribution < 1.29 is 0 Å². The lowest BCUT2D eigenvalue weighted by molar-refractivity contribution is 0.544. The van der Waals surface area contributed by atoms with Gasteiger partial charge in [-0.2, -0.15) is 0 Å². The van der Waals surface area contributed by atoms with Crippen LogP contribution in [0.4, 0.5) is 0 Å². The highest BCUT2D eigenvalue weighted by molar-refractivity contribution is 4.41. The summed E-state index contributed by atoms with van der Waals surface area (Å²) in [5.41, 5.74) is 0. The van der Waals surface area contributed by atoms with E-state index < -0.39 is 0 Å². The molecule has 0 aromatic rings. The van der Waals surface area contributed by atoms with Crippen LogP contribution in [0.3, 0.4) is 0 Å². The summed E-state index contributed by atoms with van der Waals surface area (Å²) in [4.78, 5) is 0. The molecule has 0 fully saturated rings. The number of rotatable bonds is 3. The standard InChI is InChI=1S/C6H14.C4H10.4C3H8/c1-4-6(3)5-2;1-3-4-2;4*1-3-2/h6H,4-5H2,1-3H3;3-4H2,1-2H3;4*3H2,1-2H3. The quantitative estimate of drug-likeness (QED) is 0.485. The van der Waals surface area contributed by atoms with Crippen LogP contribution in [-0.2, 0) is 0 Å². The topological polar surface area (TPSA) is 0 Å². The molecule has 0 rings (SSSR count). The Labute approximate surface area is 147 Å². The number of hydrogen-bond donors (Lipinski definition) is 0. The van der Waals surface area contributed by atoms with Crippen molar-refractivity contribution in [1.29, 1.82) is 0 Å². The molecule has 0 unspecified atom stereocenters. The summed E-state index contributed by atoms with van der Waals surface area (Å²) in [6, 6.07) is 0. The summed E-state index contributed by atoms with van der Waals surface area (Å²) in [6.07, 6.45) is 10.3. The molecule has 0 amide bonds. The fourth-order valence-corrected chi connectivity index (χ4v) is 0.289. The predicted octanol–water partition coefficient (Wildman–Crippen LogP) is 9.91. The fourth-order valence-electron chi connectivity index (χ4n) is 0.289. The van der Waals surface area contributed by atoms with E-state index in [4.69, 9.17) is 0 Å². The molecule has 0 spiro atoms. The summed E-state index contributed by atoms with van der Waals surface area (Å²) < 4.78 is 0. The van der Waals surface area contributed by atoms with Gasteiger partial charge >= 0.3 is 0 Å². The van der Waals surface area contributed by atoms with E-state index in [0.717, 1.165) is 5.92 Å². The zero-order valence-corrected chi connectivity index (χ0v) is 19.2. The van der Waals surface area contributed by atoms with Crippen LogP contribution < -0.4 is 0 Å². The molecule has 0 N–H and O–H groups in total. The highest BCUT2D eigenvalue weighted by Crippen LogP contribution is 2.02. The third-order valence-corrected chi connectivity index (χ3v) is 1.89. The van der Waals surface area contributed by atoms with Crippen molar-refractivity contribution in [2.24, 2.45) is 5.92 Å².